The number of carbonyl (C=O) groups excluding carboxylic acids is 1. The molecule has 1 aliphatic rings. The van der Waals surface area contributed by atoms with E-state index in [2.05, 4.69) is 20.6 Å². The van der Waals surface area contributed by atoms with Crippen LogP contribution in [-0.4, -0.2) is 22.0 Å². The minimum Gasteiger partial charge on any atom is -0.335 e. The Morgan fingerprint density at radius 3 is 2.64 bits per heavy atom. The fourth-order valence-electron chi connectivity index (χ4n) is 1.24. The summed E-state index contributed by atoms with van der Waals surface area (Å²) in [5.74, 6) is 0.337. The van der Waals surface area contributed by atoms with Crippen LogP contribution in [0.4, 0.5) is 10.7 Å². The van der Waals surface area contributed by atoms with Gasteiger partial charge in [0.25, 0.3) is 0 Å². The predicted molar refractivity (Wildman–Crippen MR) is 51.8 cm³/mol. The highest BCUT2D eigenvalue weighted by Gasteiger charge is 2.19. The molecule has 1 fully saturated rings. The average Bonchev–Trinajstić information content (AvgIpc) is 2.13. The van der Waals surface area contributed by atoms with Crippen LogP contribution in [0.5, 0.6) is 0 Å². The third-order valence-corrected chi connectivity index (χ3v) is 2.23. The van der Waals surface area contributed by atoms with E-state index in [-0.39, 0.29) is 6.03 Å². The van der Waals surface area contributed by atoms with E-state index in [1.54, 1.807) is 18.5 Å². The number of hydrogen-bond acceptors (Lipinski definition) is 3. The van der Waals surface area contributed by atoms with E-state index in [1.165, 1.54) is 6.42 Å². The summed E-state index contributed by atoms with van der Waals surface area (Å²) in [4.78, 5) is 19.1. The highest BCUT2D eigenvalue weighted by molar-refractivity contribution is 5.87. The van der Waals surface area contributed by atoms with Gasteiger partial charge in [0.15, 0.2) is 0 Å². The molecule has 2 N–H and O–H groups in total. The second-order valence-corrected chi connectivity index (χ2v) is 3.30. The fraction of sp³-hybridized carbons (Fsp3) is 0.444. The molecule has 1 aromatic heterocycles. The maximum atomic E-state index is 11.3. The molecule has 74 valence electrons. The SMILES string of the molecule is O=C(Nc1ncccn1)NC1CCC1. The average molecular weight is 192 g/mol. The van der Waals surface area contributed by atoms with Crippen molar-refractivity contribution < 1.29 is 4.79 Å². The number of aromatic nitrogens is 2. The fourth-order valence-corrected chi connectivity index (χ4v) is 1.24. The number of amides is 2. The topological polar surface area (TPSA) is 66.9 Å². The molecule has 0 unspecified atom stereocenters. The number of urea groups is 1. The molecule has 0 aromatic carbocycles. The lowest BCUT2D eigenvalue weighted by atomic mass is 9.93. The van der Waals surface area contributed by atoms with Crippen molar-refractivity contribution in [3.8, 4) is 0 Å². The molecule has 2 rings (SSSR count). The molecule has 1 heterocycles. The minimum atomic E-state index is -0.221. The first-order valence-corrected chi connectivity index (χ1v) is 4.69. The van der Waals surface area contributed by atoms with Crippen LogP contribution in [0, 0.1) is 0 Å². The summed E-state index contributed by atoms with van der Waals surface area (Å²) in [5, 5.41) is 5.40. The maximum absolute atomic E-state index is 11.3. The van der Waals surface area contributed by atoms with Crippen molar-refractivity contribution in [3.05, 3.63) is 18.5 Å². The number of hydrogen-bond donors (Lipinski definition) is 2. The molecule has 0 saturated heterocycles. The third kappa shape index (κ3) is 2.18. The van der Waals surface area contributed by atoms with Gasteiger partial charge in [-0.1, -0.05) is 0 Å². The van der Waals surface area contributed by atoms with Crippen molar-refractivity contribution in [2.45, 2.75) is 25.3 Å². The largest absolute Gasteiger partial charge is 0.335 e. The van der Waals surface area contributed by atoms with Gasteiger partial charge in [0.05, 0.1) is 0 Å². The van der Waals surface area contributed by atoms with Gasteiger partial charge in [-0.2, -0.15) is 0 Å². The first kappa shape index (κ1) is 8.93. The second kappa shape index (κ2) is 4.04. The van der Waals surface area contributed by atoms with Gasteiger partial charge >= 0.3 is 6.03 Å². The molecule has 1 saturated carbocycles. The quantitative estimate of drug-likeness (QED) is 0.738. The number of carbonyl (C=O) groups is 1. The predicted octanol–water partition coefficient (Wildman–Crippen LogP) is 1.15. The van der Waals surface area contributed by atoms with E-state index in [0.717, 1.165) is 12.8 Å². The third-order valence-electron chi connectivity index (χ3n) is 2.23. The Morgan fingerprint density at radius 2 is 2.07 bits per heavy atom. The summed E-state index contributed by atoms with van der Waals surface area (Å²) < 4.78 is 0. The van der Waals surface area contributed by atoms with Gasteiger partial charge in [0.1, 0.15) is 0 Å². The van der Waals surface area contributed by atoms with E-state index in [9.17, 15) is 4.79 Å². The lowest BCUT2D eigenvalue weighted by molar-refractivity contribution is 0.240. The molecular weight excluding hydrogens is 180 g/mol. The minimum absolute atomic E-state index is 0.221. The Hall–Kier alpha value is -1.65. The summed E-state index contributed by atoms with van der Waals surface area (Å²) >= 11 is 0. The summed E-state index contributed by atoms with van der Waals surface area (Å²) in [7, 11) is 0. The second-order valence-electron chi connectivity index (χ2n) is 3.30. The zero-order valence-electron chi connectivity index (χ0n) is 7.73. The van der Waals surface area contributed by atoms with E-state index in [1.807, 2.05) is 0 Å². The van der Waals surface area contributed by atoms with Crippen molar-refractivity contribution in [2.24, 2.45) is 0 Å². The summed E-state index contributed by atoms with van der Waals surface area (Å²) in [6.45, 7) is 0. The van der Waals surface area contributed by atoms with Crippen LogP contribution in [-0.2, 0) is 0 Å². The maximum Gasteiger partial charge on any atom is 0.321 e. The van der Waals surface area contributed by atoms with Crippen LogP contribution in [0.1, 0.15) is 19.3 Å². The molecule has 5 nitrogen and oxygen atoms in total. The Kier molecular flexibility index (Phi) is 2.58. The first-order valence-electron chi connectivity index (χ1n) is 4.69. The van der Waals surface area contributed by atoms with Crippen molar-refractivity contribution in [1.29, 1.82) is 0 Å². The molecule has 1 aliphatic carbocycles. The molecule has 0 radical (unpaired) electrons. The van der Waals surface area contributed by atoms with Gasteiger partial charge in [-0.15, -0.1) is 0 Å². The highest BCUT2D eigenvalue weighted by Crippen LogP contribution is 2.17. The van der Waals surface area contributed by atoms with Gasteiger partial charge in [0, 0.05) is 18.4 Å². The number of nitrogens with zero attached hydrogens (tertiary/aromatic N) is 2. The van der Waals surface area contributed by atoms with Crippen LogP contribution in [0.15, 0.2) is 18.5 Å². The van der Waals surface area contributed by atoms with E-state index >= 15 is 0 Å². The molecule has 1 aromatic rings. The molecule has 14 heavy (non-hydrogen) atoms. The number of anilines is 1. The number of rotatable bonds is 2. The van der Waals surface area contributed by atoms with Gasteiger partial charge in [-0.3, -0.25) is 5.32 Å². The Balaban J connectivity index is 1.82. The van der Waals surface area contributed by atoms with Gasteiger partial charge in [0.2, 0.25) is 5.95 Å². The lowest BCUT2D eigenvalue weighted by Crippen LogP contribution is -2.42. The monoisotopic (exact) mass is 192 g/mol. The Labute approximate surface area is 82.0 Å². The van der Waals surface area contributed by atoms with Crippen LogP contribution in [0.2, 0.25) is 0 Å². The molecule has 5 heteroatoms. The Morgan fingerprint density at radius 1 is 1.36 bits per heavy atom. The zero-order chi connectivity index (χ0) is 9.80. The normalized spacial score (nSPS) is 15.7. The van der Waals surface area contributed by atoms with E-state index in [0.29, 0.717) is 12.0 Å². The molecular formula is C9H12N4O. The Bertz CT molecular complexity index is 310. The molecule has 0 spiro atoms. The van der Waals surface area contributed by atoms with Crippen LogP contribution < -0.4 is 10.6 Å². The van der Waals surface area contributed by atoms with Gasteiger partial charge < -0.3 is 5.32 Å². The molecule has 0 aliphatic heterocycles. The summed E-state index contributed by atoms with van der Waals surface area (Å²) in [6.07, 6.45) is 6.52. The van der Waals surface area contributed by atoms with Crippen molar-refractivity contribution in [2.75, 3.05) is 5.32 Å². The smallest absolute Gasteiger partial charge is 0.321 e. The summed E-state index contributed by atoms with van der Waals surface area (Å²) in [5.41, 5.74) is 0. The first-order chi connectivity index (χ1) is 6.84. The molecule has 2 amide bonds. The van der Waals surface area contributed by atoms with Crippen molar-refractivity contribution in [1.82, 2.24) is 15.3 Å². The molecule has 0 bridgehead atoms. The van der Waals surface area contributed by atoms with E-state index in [4.69, 9.17) is 0 Å². The number of nitrogens with one attached hydrogen (secondary N) is 2. The standard InChI is InChI=1S/C9H12N4O/c14-9(12-7-3-1-4-7)13-8-10-5-2-6-11-8/h2,5-7H,1,3-4H2,(H2,10,11,12,13,14). The van der Waals surface area contributed by atoms with Crippen LogP contribution in [0.25, 0.3) is 0 Å². The zero-order valence-corrected chi connectivity index (χ0v) is 7.73. The summed E-state index contributed by atoms with van der Waals surface area (Å²) in [6, 6.07) is 1.81. The van der Waals surface area contributed by atoms with Crippen molar-refractivity contribution >= 4 is 12.0 Å². The lowest BCUT2D eigenvalue weighted by Gasteiger charge is -2.26. The molecule has 0 atom stereocenters. The van der Waals surface area contributed by atoms with E-state index < -0.39 is 0 Å². The van der Waals surface area contributed by atoms with Crippen LogP contribution in [0.3, 0.4) is 0 Å². The van der Waals surface area contributed by atoms with Crippen molar-refractivity contribution in [3.63, 3.8) is 0 Å². The highest BCUT2D eigenvalue weighted by atomic mass is 16.2. The van der Waals surface area contributed by atoms with Gasteiger partial charge in [-0.05, 0) is 25.3 Å². The van der Waals surface area contributed by atoms with Crippen LogP contribution >= 0.6 is 0 Å². The van der Waals surface area contributed by atoms with Gasteiger partial charge in [-0.25, -0.2) is 14.8 Å².